The van der Waals surface area contributed by atoms with Gasteiger partial charge in [0.25, 0.3) is 5.69 Å². The lowest BCUT2D eigenvalue weighted by molar-refractivity contribution is -0.384. The molecule has 1 amide bonds. The van der Waals surface area contributed by atoms with E-state index in [-0.39, 0.29) is 45.6 Å². The summed E-state index contributed by atoms with van der Waals surface area (Å²) >= 11 is 5.96. The van der Waals surface area contributed by atoms with Crippen LogP contribution in [0.5, 0.6) is 5.75 Å². The van der Waals surface area contributed by atoms with Crippen LogP contribution >= 0.6 is 11.6 Å². The van der Waals surface area contributed by atoms with Crippen LogP contribution in [0, 0.1) is 17.0 Å². The highest BCUT2D eigenvalue weighted by molar-refractivity contribution is 6.33. The van der Waals surface area contributed by atoms with E-state index < -0.39 is 16.9 Å². The van der Waals surface area contributed by atoms with E-state index in [4.69, 9.17) is 21.4 Å². The molecule has 11 nitrogen and oxygen atoms in total. The second-order valence-corrected chi connectivity index (χ2v) is 8.68. The molecule has 2 N–H and O–H groups in total. The summed E-state index contributed by atoms with van der Waals surface area (Å²) < 4.78 is 5.29. The molecule has 0 saturated carbocycles. The van der Waals surface area contributed by atoms with Crippen molar-refractivity contribution in [2.45, 2.75) is 20.4 Å². The molecule has 0 radical (unpaired) electrons. The van der Waals surface area contributed by atoms with Gasteiger partial charge in [-0.1, -0.05) is 23.7 Å². The lowest BCUT2D eigenvalue weighted by Gasteiger charge is -2.17. The van der Waals surface area contributed by atoms with Gasteiger partial charge in [0.05, 0.1) is 32.8 Å². The Labute approximate surface area is 221 Å². The van der Waals surface area contributed by atoms with Crippen molar-refractivity contribution in [3.63, 3.8) is 0 Å². The number of aryl methyl sites for hydroxylation is 1. The van der Waals surface area contributed by atoms with E-state index in [1.165, 1.54) is 54.1 Å². The SMILES string of the molecule is CC(=O)N(C)Cc1cc([N+](=O)[O-])ccc1OC(=O)c1cc(C(=O)O)ccc1Cl.Cc1ccc2cn[nH]c2c1. The number of carbonyl (C=O) groups is 3. The maximum absolute atomic E-state index is 12.5. The highest BCUT2D eigenvalue weighted by atomic mass is 35.5. The number of carboxylic acids is 1. The van der Waals surface area contributed by atoms with Crippen molar-refractivity contribution in [1.29, 1.82) is 0 Å². The van der Waals surface area contributed by atoms with Crippen molar-refractivity contribution >= 4 is 46.0 Å². The Morgan fingerprint density at radius 1 is 1.13 bits per heavy atom. The lowest BCUT2D eigenvalue weighted by atomic mass is 10.1. The van der Waals surface area contributed by atoms with Crippen molar-refractivity contribution in [3.8, 4) is 5.75 Å². The van der Waals surface area contributed by atoms with E-state index in [9.17, 15) is 24.5 Å². The highest BCUT2D eigenvalue weighted by Crippen LogP contribution is 2.27. The topological polar surface area (TPSA) is 156 Å². The number of nitro benzene ring substituents is 1. The van der Waals surface area contributed by atoms with Crippen molar-refractivity contribution < 1.29 is 29.2 Å². The number of nitro groups is 1. The molecule has 0 atom stereocenters. The number of fused-ring (bicyclic) bond motifs is 1. The number of carboxylic acid groups (broad SMARTS) is 1. The molecule has 0 spiro atoms. The maximum Gasteiger partial charge on any atom is 0.345 e. The summed E-state index contributed by atoms with van der Waals surface area (Å²) in [7, 11) is 1.49. The highest BCUT2D eigenvalue weighted by Gasteiger charge is 2.20. The third kappa shape index (κ3) is 6.92. The van der Waals surface area contributed by atoms with Crippen LogP contribution in [-0.2, 0) is 11.3 Å². The number of halogens is 1. The van der Waals surface area contributed by atoms with Crippen molar-refractivity contribution in [2.75, 3.05) is 7.05 Å². The molecule has 0 aliphatic heterocycles. The number of carbonyl (C=O) groups excluding carboxylic acids is 2. The fraction of sp³-hybridized carbons (Fsp3) is 0.154. The first-order valence-corrected chi connectivity index (χ1v) is 11.5. The van der Waals surface area contributed by atoms with Crippen molar-refractivity contribution in [2.24, 2.45) is 0 Å². The Balaban J connectivity index is 0.000000329. The van der Waals surface area contributed by atoms with Crippen molar-refractivity contribution in [3.05, 3.63) is 98.2 Å². The first-order chi connectivity index (χ1) is 18.0. The van der Waals surface area contributed by atoms with E-state index in [1.807, 2.05) is 6.20 Å². The summed E-state index contributed by atoms with van der Waals surface area (Å²) in [5.74, 6) is -2.49. The third-order valence-electron chi connectivity index (χ3n) is 5.43. The standard InChI is InChI=1S/C18H15ClN2O7.C8H8N2/c1-10(22)20(2)9-12-7-13(21(26)27)4-6-16(12)28-18(25)14-8-11(17(23)24)3-5-15(14)19;1-6-2-3-7-5-9-10-8(7)4-6/h3-8H,9H2,1-2H3,(H,23,24);2-5H,1H3,(H,9,10). The molecule has 0 bridgehead atoms. The van der Waals surface area contributed by atoms with Gasteiger partial charge in [0.2, 0.25) is 5.91 Å². The fourth-order valence-corrected chi connectivity index (χ4v) is 3.48. The molecule has 0 fully saturated rings. The molecule has 12 heteroatoms. The molecule has 0 aliphatic rings. The van der Waals surface area contributed by atoms with E-state index in [0.717, 1.165) is 17.6 Å². The number of aromatic carboxylic acids is 1. The number of H-pyrrole nitrogens is 1. The predicted octanol–water partition coefficient (Wildman–Crippen LogP) is 5.02. The van der Waals surface area contributed by atoms with Gasteiger partial charge in [-0.2, -0.15) is 5.10 Å². The summed E-state index contributed by atoms with van der Waals surface area (Å²) in [5, 5.41) is 28.1. The number of nitrogens with zero attached hydrogens (tertiary/aromatic N) is 3. The van der Waals surface area contributed by atoms with Gasteiger partial charge in [-0.05, 0) is 42.8 Å². The average Bonchev–Trinajstić information content (AvgIpc) is 3.33. The van der Waals surface area contributed by atoms with E-state index >= 15 is 0 Å². The van der Waals surface area contributed by atoms with Crippen LogP contribution in [0.15, 0.2) is 60.8 Å². The Hall–Kier alpha value is -4.77. The summed E-state index contributed by atoms with van der Waals surface area (Å²) in [6.45, 7) is 3.35. The summed E-state index contributed by atoms with van der Waals surface area (Å²) in [4.78, 5) is 46.7. The molecule has 196 valence electrons. The molecular formula is C26H23ClN4O7. The molecule has 3 aromatic carbocycles. The van der Waals surface area contributed by atoms with Gasteiger partial charge >= 0.3 is 11.9 Å². The predicted molar refractivity (Wildman–Crippen MR) is 139 cm³/mol. The lowest BCUT2D eigenvalue weighted by Crippen LogP contribution is -2.23. The van der Waals surface area contributed by atoms with Crippen LogP contribution < -0.4 is 4.74 Å². The van der Waals surface area contributed by atoms with Crippen LogP contribution in [0.2, 0.25) is 5.02 Å². The number of ether oxygens (including phenoxy) is 1. The largest absolute Gasteiger partial charge is 0.478 e. The molecule has 38 heavy (non-hydrogen) atoms. The molecule has 4 rings (SSSR count). The zero-order valence-corrected chi connectivity index (χ0v) is 21.4. The number of hydrogen-bond acceptors (Lipinski definition) is 7. The number of esters is 1. The van der Waals surface area contributed by atoms with Crippen LogP contribution in [0.25, 0.3) is 10.9 Å². The van der Waals surface area contributed by atoms with E-state index in [1.54, 1.807) is 0 Å². The fourth-order valence-electron chi connectivity index (χ4n) is 3.29. The Morgan fingerprint density at radius 2 is 1.87 bits per heavy atom. The molecule has 4 aromatic rings. The first kappa shape index (κ1) is 27.8. The number of hydrogen-bond donors (Lipinski definition) is 2. The van der Waals surface area contributed by atoms with E-state index in [0.29, 0.717) is 0 Å². The Kier molecular flexibility index (Phi) is 8.77. The van der Waals surface area contributed by atoms with Gasteiger partial charge in [-0.3, -0.25) is 20.0 Å². The number of nitrogens with one attached hydrogen (secondary N) is 1. The molecular weight excluding hydrogens is 516 g/mol. The number of aromatic amines is 1. The minimum absolute atomic E-state index is 0.0134. The number of aromatic nitrogens is 2. The van der Waals surface area contributed by atoms with Crippen LogP contribution in [0.4, 0.5) is 5.69 Å². The monoisotopic (exact) mass is 538 g/mol. The maximum atomic E-state index is 12.5. The van der Waals surface area contributed by atoms with Gasteiger partial charge < -0.3 is 14.7 Å². The molecule has 1 heterocycles. The van der Waals surface area contributed by atoms with Crippen LogP contribution in [0.1, 0.15) is 38.8 Å². The molecule has 0 aliphatic carbocycles. The van der Waals surface area contributed by atoms with Gasteiger partial charge in [0.15, 0.2) is 0 Å². The Bertz CT molecular complexity index is 1530. The molecule has 0 saturated heterocycles. The third-order valence-corrected chi connectivity index (χ3v) is 5.76. The van der Waals surface area contributed by atoms with Crippen molar-refractivity contribution in [1.82, 2.24) is 15.1 Å². The summed E-state index contributed by atoms with van der Waals surface area (Å²) in [6.07, 6.45) is 1.83. The zero-order chi connectivity index (χ0) is 28.0. The van der Waals surface area contributed by atoms with Crippen LogP contribution in [0.3, 0.4) is 0 Å². The quantitative estimate of drug-likeness (QED) is 0.150. The van der Waals surface area contributed by atoms with Gasteiger partial charge in [-0.25, -0.2) is 9.59 Å². The number of amides is 1. The molecule has 0 unspecified atom stereocenters. The normalized spacial score (nSPS) is 10.3. The minimum Gasteiger partial charge on any atom is -0.478 e. The smallest absolute Gasteiger partial charge is 0.345 e. The summed E-state index contributed by atoms with van der Waals surface area (Å²) in [5.41, 5.74) is 2.03. The van der Waals surface area contributed by atoms with Crippen LogP contribution in [-0.4, -0.2) is 50.0 Å². The number of non-ortho nitro benzene ring substituents is 1. The summed E-state index contributed by atoms with van der Waals surface area (Å²) in [6, 6.07) is 13.4. The van der Waals surface area contributed by atoms with Gasteiger partial charge in [-0.15, -0.1) is 0 Å². The zero-order valence-electron chi connectivity index (χ0n) is 20.6. The molecule has 1 aromatic heterocycles. The average molecular weight is 539 g/mol. The second kappa shape index (κ2) is 12.0. The second-order valence-electron chi connectivity index (χ2n) is 8.27. The van der Waals surface area contributed by atoms with Gasteiger partial charge in [0, 0.05) is 43.6 Å². The first-order valence-electron chi connectivity index (χ1n) is 11.1. The number of benzene rings is 3. The Morgan fingerprint density at radius 3 is 2.53 bits per heavy atom. The van der Waals surface area contributed by atoms with Gasteiger partial charge in [0.1, 0.15) is 5.75 Å². The minimum atomic E-state index is -1.25. The number of rotatable bonds is 6. The van der Waals surface area contributed by atoms with E-state index in [2.05, 4.69) is 35.3 Å².